The van der Waals surface area contributed by atoms with Crippen LogP contribution in [0.1, 0.15) is 22.5 Å². The maximum atomic E-state index is 12.9. The molecule has 10 heteroatoms. The topological polar surface area (TPSA) is 88.1 Å². The maximum Gasteiger partial charge on any atom is 0.416 e. The highest BCUT2D eigenvalue weighted by molar-refractivity contribution is 5.82. The molecule has 7 nitrogen and oxygen atoms in total. The van der Waals surface area contributed by atoms with E-state index in [-0.39, 0.29) is 12.1 Å². The lowest BCUT2D eigenvalue weighted by molar-refractivity contribution is -0.137. The third-order valence-electron chi connectivity index (χ3n) is 3.74. The minimum absolute atomic E-state index is 0.0827. The molecule has 0 aliphatic heterocycles. The number of alkyl halides is 3. The van der Waals surface area contributed by atoms with Crippen molar-refractivity contribution in [2.75, 3.05) is 7.05 Å². The summed E-state index contributed by atoms with van der Waals surface area (Å²) in [6.45, 7) is 3.32. The molecule has 26 heavy (non-hydrogen) atoms. The lowest BCUT2D eigenvalue weighted by Crippen LogP contribution is -2.46. The van der Waals surface area contributed by atoms with E-state index in [4.69, 9.17) is 0 Å². The van der Waals surface area contributed by atoms with Crippen LogP contribution < -0.4 is 16.2 Å². The van der Waals surface area contributed by atoms with Gasteiger partial charge in [-0.25, -0.2) is 14.9 Å². The number of urea groups is 1. The zero-order chi connectivity index (χ0) is 19.5. The summed E-state index contributed by atoms with van der Waals surface area (Å²) in [6.07, 6.45) is -4.54. The van der Waals surface area contributed by atoms with Gasteiger partial charge >= 0.3 is 12.2 Å². The summed E-state index contributed by atoms with van der Waals surface area (Å²) < 4.78 is 40.1. The van der Waals surface area contributed by atoms with Crippen LogP contribution in [0.5, 0.6) is 0 Å². The molecule has 1 aromatic carbocycles. The number of hydrazine groups is 1. The van der Waals surface area contributed by atoms with Gasteiger partial charge in [0.05, 0.1) is 23.4 Å². The summed E-state index contributed by atoms with van der Waals surface area (Å²) in [7, 11) is 1.40. The molecule has 0 radical (unpaired) electrons. The molecule has 0 fully saturated rings. The molecule has 2 rings (SSSR count). The number of aryl methyl sites for hydroxylation is 1. The summed E-state index contributed by atoms with van der Waals surface area (Å²) in [5, 5.41) is 6.51. The van der Waals surface area contributed by atoms with Gasteiger partial charge in [-0.15, -0.1) is 0 Å². The van der Waals surface area contributed by atoms with Crippen LogP contribution in [0.3, 0.4) is 0 Å². The van der Waals surface area contributed by atoms with Crippen molar-refractivity contribution in [1.29, 1.82) is 0 Å². The minimum Gasteiger partial charge on any atom is -0.340 e. The molecule has 3 amide bonds. The Kier molecular flexibility index (Phi) is 5.53. The van der Waals surface area contributed by atoms with Gasteiger partial charge in [-0.3, -0.25) is 10.2 Å². The number of carbonyl (C=O) groups excluding carboxylic acids is 2. The van der Waals surface area contributed by atoms with Crippen LogP contribution in [0.25, 0.3) is 5.69 Å². The van der Waals surface area contributed by atoms with Crippen molar-refractivity contribution in [3.63, 3.8) is 0 Å². The Labute approximate surface area is 147 Å². The average Bonchev–Trinajstić information content (AvgIpc) is 2.87. The van der Waals surface area contributed by atoms with E-state index in [0.29, 0.717) is 17.0 Å². The molecule has 0 saturated carbocycles. The molecule has 1 heterocycles. The first kappa shape index (κ1) is 19.3. The van der Waals surface area contributed by atoms with Crippen molar-refractivity contribution in [3.8, 4) is 5.69 Å². The molecular weight excluding hydrogens is 351 g/mol. The highest BCUT2D eigenvalue weighted by Crippen LogP contribution is 2.30. The summed E-state index contributed by atoms with van der Waals surface area (Å²) in [5.41, 5.74) is 5.46. The van der Waals surface area contributed by atoms with Crippen LogP contribution in [0.2, 0.25) is 0 Å². The number of halogens is 3. The van der Waals surface area contributed by atoms with Crippen molar-refractivity contribution in [2.24, 2.45) is 0 Å². The average molecular weight is 369 g/mol. The standard InChI is InChI=1S/C16H18F3N5O2/c1-9-13(8-14(25)21-22-15(26)20-3)10(2)24(23-9)12-6-4-5-11(7-12)16(17,18)19/h4-7H,8H2,1-3H3,(H,21,25)(H2,20,22,26). The Morgan fingerprint density at radius 2 is 1.88 bits per heavy atom. The van der Waals surface area contributed by atoms with Crippen LogP contribution in [0, 0.1) is 13.8 Å². The van der Waals surface area contributed by atoms with Crippen molar-refractivity contribution >= 4 is 11.9 Å². The Hall–Kier alpha value is -3.04. The van der Waals surface area contributed by atoms with Gasteiger partial charge < -0.3 is 5.32 Å². The number of nitrogens with one attached hydrogen (secondary N) is 3. The van der Waals surface area contributed by atoms with Gasteiger partial charge in [0, 0.05) is 18.3 Å². The van der Waals surface area contributed by atoms with Crippen molar-refractivity contribution < 1.29 is 22.8 Å². The Morgan fingerprint density at radius 1 is 1.19 bits per heavy atom. The van der Waals surface area contributed by atoms with Crippen LogP contribution in [-0.2, 0) is 17.4 Å². The Bertz CT molecular complexity index is 830. The fourth-order valence-corrected chi connectivity index (χ4v) is 2.39. The molecular formula is C16H18F3N5O2. The zero-order valence-electron chi connectivity index (χ0n) is 14.4. The van der Waals surface area contributed by atoms with Gasteiger partial charge in [0.15, 0.2) is 0 Å². The largest absolute Gasteiger partial charge is 0.416 e. The quantitative estimate of drug-likeness (QED) is 0.724. The number of amides is 3. The Morgan fingerprint density at radius 3 is 2.50 bits per heavy atom. The zero-order valence-corrected chi connectivity index (χ0v) is 14.4. The van der Waals surface area contributed by atoms with E-state index in [0.717, 1.165) is 12.1 Å². The molecule has 3 N–H and O–H groups in total. The van der Waals surface area contributed by atoms with Crippen molar-refractivity contribution in [2.45, 2.75) is 26.4 Å². The molecule has 140 valence electrons. The second-order valence-electron chi connectivity index (χ2n) is 5.54. The fourth-order valence-electron chi connectivity index (χ4n) is 2.39. The second-order valence-corrected chi connectivity index (χ2v) is 5.54. The van der Waals surface area contributed by atoms with E-state index in [1.807, 2.05) is 0 Å². The number of benzene rings is 1. The lowest BCUT2D eigenvalue weighted by Gasteiger charge is -2.10. The van der Waals surface area contributed by atoms with Gasteiger partial charge in [0.2, 0.25) is 5.91 Å². The van der Waals surface area contributed by atoms with Crippen LogP contribution in [0.15, 0.2) is 24.3 Å². The maximum absolute atomic E-state index is 12.9. The third-order valence-corrected chi connectivity index (χ3v) is 3.74. The van der Waals surface area contributed by atoms with E-state index in [9.17, 15) is 22.8 Å². The number of hydrogen-bond acceptors (Lipinski definition) is 3. The highest BCUT2D eigenvalue weighted by Gasteiger charge is 2.30. The molecule has 0 aliphatic carbocycles. The number of aromatic nitrogens is 2. The SMILES string of the molecule is CNC(=O)NNC(=O)Cc1c(C)nn(-c2cccc(C(F)(F)F)c2)c1C. The van der Waals surface area contributed by atoms with Crippen molar-refractivity contribution in [3.05, 3.63) is 46.8 Å². The monoisotopic (exact) mass is 369 g/mol. The summed E-state index contributed by atoms with van der Waals surface area (Å²) in [4.78, 5) is 23.0. The normalized spacial score (nSPS) is 11.2. The van der Waals surface area contributed by atoms with Gasteiger partial charge in [-0.2, -0.15) is 18.3 Å². The number of carbonyl (C=O) groups is 2. The number of rotatable bonds is 3. The summed E-state index contributed by atoms with van der Waals surface area (Å²) in [6, 6.07) is 4.20. The van der Waals surface area contributed by atoms with Crippen LogP contribution in [0.4, 0.5) is 18.0 Å². The predicted octanol–water partition coefficient (Wildman–Crippen LogP) is 2.01. The molecule has 0 spiro atoms. The first-order valence-corrected chi connectivity index (χ1v) is 7.62. The first-order chi connectivity index (χ1) is 12.1. The third kappa shape index (κ3) is 4.32. The van der Waals surface area contributed by atoms with Gasteiger partial charge in [-0.1, -0.05) is 6.07 Å². The molecule has 0 atom stereocenters. The number of nitrogens with zero attached hydrogens (tertiary/aromatic N) is 2. The van der Waals surface area contributed by atoms with E-state index in [1.165, 1.54) is 23.9 Å². The molecule has 1 aromatic heterocycles. The minimum atomic E-state index is -4.46. The Balaban J connectivity index is 2.25. The second kappa shape index (κ2) is 7.46. The summed E-state index contributed by atoms with van der Waals surface area (Å²) >= 11 is 0. The fraction of sp³-hybridized carbons (Fsp3) is 0.312. The van der Waals surface area contributed by atoms with E-state index < -0.39 is 23.7 Å². The van der Waals surface area contributed by atoms with Gasteiger partial charge in [0.1, 0.15) is 0 Å². The van der Waals surface area contributed by atoms with Crippen molar-refractivity contribution in [1.82, 2.24) is 25.9 Å². The van der Waals surface area contributed by atoms with Gasteiger partial charge in [0.25, 0.3) is 0 Å². The smallest absolute Gasteiger partial charge is 0.340 e. The molecule has 0 aliphatic rings. The first-order valence-electron chi connectivity index (χ1n) is 7.62. The molecule has 0 saturated heterocycles. The highest BCUT2D eigenvalue weighted by atomic mass is 19.4. The van der Waals surface area contributed by atoms with Crippen LogP contribution in [-0.4, -0.2) is 28.8 Å². The molecule has 2 aromatic rings. The number of hydrogen-bond donors (Lipinski definition) is 3. The predicted molar refractivity (Wildman–Crippen MR) is 87.5 cm³/mol. The van der Waals surface area contributed by atoms with E-state index in [1.54, 1.807) is 13.8 Å². The molecule has 0 unspecified atom stereocenters. The lowest BCUT2D eigenvalue weighted by atomic mass is 10.1. The van der Waals surface area contributed by atoms with Gasteiger partial charge in [-0.05, 0) is 32.0 Å². The van der Waals surface area contributed by atoms with E-state index >= 15 is 0 Å². The summed E-state index contributed by atoms with van der Waals surface area (Å²) in [5.74, 6) is -0.483. The van der Waals surface area contributed by atoms with Crippen LogP contribution >= 0.6 is 0 Å². The molecule has 0 bridgehead atoms. The van der Waals surface area contributed by atoms with E-state index in [2.05, 4.69) is 21.3 Å².